The van der Waals surface area contributed by atoms with Gasteiger partial charge in [0, 0.05) is 11.2 Å². The maximum absolute atomic E-state index is 5.96. The Balaban J connectivity index is 1.71. The molecule has 0 saturated carbocycles. The van der Waals surface area contributed by atoms with Crippen molar-refractivity contribution in [2.45, 2.75) is 0 Å². The van der Waals surface area contributed by atoms with Gasteiger partial charge in [-0.1, -0.05) is 17.7 Å². The number of fused-ring (bicyclic) bond motifs is 3. The number of aromatic nitrogens is 7. The van der Waals surface area contributed by atoms with Crippen LogP contribution >= 0.6 is 11.6 Å². The van der Waals surface area contributed by atoms with Crippen LogP contribution in [-0.2, 0) is 0 Å². The van der Waals surface area contributed by atoms with Gasteiger partial charge in [0.1, 0.15) is 12.0 Å². The minimum atomic E-state index is 0.550. The molecule has 0 aliphatic carbocycles. The molecule has 25 heavy (non-hydrogen) atoms. The van der Waals surface area contributed by atoms with E-state index in [2.05, 4.69) is 25.1 Å². The Kier molecular flexibility index (Phi) is 3.01. The maximum atomic E-state index is 5.96. The van der Waals surface area contributed by atoms with Crippen LogP contribution in [0.25, 0.3) is 33.9 Å². The second-order valence-corrected chi connectivity index (χ2v) is 5.87. The molecule has 4 heterocycles. The molecule has 7 nitrogen and oxygen atoms in total. The zero-order valence-corrected chi connectivity index (χ0v) is 13.5. The second-order valence-electron chi connectivity index (χ2n) is 5.43. The molecule has 0 aliphatic rings. The molecule has 5 rings (SSSR count). The molecule has 0 saturated heterocycles. The van der Waals surface area contributed by atoms with Gasteiger partial charge in [0.05, 0.1) is 17.3 Å². The monoisotopic (exact) mass is 347 g/mol. The van der Waals surface area contributed by atoms with Gasteiger partial charge in [0.15, 0.2) is 11.3 Å². The number of hydrogen-bond acceptors (Lipinski definition) is 5. The van der Waals surface area contributed by atoms with E-state index in [1.165, 1.54) is 0 Å². The Hall–Kier alpha value is -3.32. The third-order valence-electron chi connectivity index (χ3n) is 3.87. The van der Waals surface area contributed by atoms with Crippen LogP contribution in [-0.4, -0.2) is 34.3 Å². The predicted molar refractivity (Wildman–Crippen MR) is 93.7 cm³/mol. The van der Waals surface area contributed by atoms with Crippen molar-refractivity contribution in [3.63, 3.8) is 0 Å². The van der Waals surface area contributed by atoms with Crippen molar-refractivity contribution in [1.29, 1.82) is 0 Å². The average Bonchev–Trinajstić information content (AvgIpc) is 3.27. The number of rotatable bonds is 2. The van der Waals surface area contributed by atoms with Crippen molar-refractivity contribution >= 4 is 28.3 Å². The van der Waals surface area contributed by atoms with Crippen molar-refractivity contribution in [3.05, 3.63) is 66.2 Å². The van der Waals surface area contributed by atoms with Crippen molar-refractivity contribution in [3.8, 4) is 17.2 Å². The third kappa shape index (κ3) is 2.25. The van der Waals surface area contributed by atoms with Crippen LogP contribution in [0.4, 0.5) is 0 Å². The molecule has 0 bridgehead atoms. The summed E-state index contributed by atoms with van der Waals surface area (Å²) in [6.45, 7) is 0. The Morgan fingerprint density at radius 2 is 1.80 bits per heavy atom. The molecular formula is C17H10ClN7. The fourth-order valence-electron chi connectivity index (χ4n) is 2.70. The minimum Gasteiger partial charge on any atom is -0.253 e. The highest BCUT2D eigenvalue weighted by Gasteiger charge is 2.14. The number of hydrogen-bond donors (Lipinski definition) is 0. The van der Waals surface area contributed by atoms with Crippen LogP contribution in [0.5, 0.6) is 0 Å². The molecule has 0 atom stereocenters. The summed E-state index contributed by atoms with van der Waals surface area (Å²) in [5.41, 5.74) is 2.98. The van der Waals surface area contributed by atoms with Crippen LogP contribution in [0.2, 0.25) is 5.02 Å². The SMILES string of the molecule is Clc1ccc(-n2ncc3c2ncn2nc(-c4ccccn4)nc32)cc1. The molecule has 0 radical (unpaired) electrons. The third-order valence-corrected chi connectivity index (χ3v) is 4.12. The fourth-order valence-corrected chi connectivity index (χ4v) is 2.82. The largest absolute Gasteiger partial charge is 0.253 e. The van der Waals surface area contributed by atoms with Crippen LogP contribution in [0.1, 0.15) is 0 Å². The highest BCUT2D eigenvalue weighted by molar-refractivity contribution is 6.30. The summed E-state index contributed by atoms with van der Waals surface area (Å²) in [5, 5.41) is 10.4. The lowest BCUT2D eigenvalue weighted by Gasteiger charge is -2.02. The van der Waals surface area contributed by atoms with Crippen LogP contribution in [0.3, 0.4) is 0 Å². The van der Waals surface area contributed by atoms with Crippen LogP contribution in [0, 0.1) is 0 Å². The van der Waals surface area contributed by atoms with E-state index in [0.717, 1.165) is 11.1 Å². The highest BCUT2D eigenvalue weighted by Crippen LogP contribution is 2.22. The Labute approximate surface area is 146 Å². The summed E-state index contributed by atoms with van der Waals surface area (Å²) < 4.78 is 3.39. The molecule has 8 heteroatoms. The number of pyridine rings is 1. The molecule has 0 N–H and O–H groups in total. The van der Waals surface area contributed by atoms with Gasteiger partial charge >= 0.3 is 0 Å². The Morgan fingerprint density at radius 1 is 0.920 bits per heavy atom. The number of benzene rings is 1. The maximum Gasteiger partial charge on any atom is 0.200 e. The van der Waals surface area contributed by atoms with E-state index in [9.17, 15) is 0 Å². The quantitative estimate of drug-likeness (QED) is 0.490. The molecule has 4 aromatic heterocycles. The standard InChI is InChI=1S/C17H10ClN7/c18-11-4-6-12(7-5-11)25-16-13(9-21-25)17-22-15(23-24(17)10-20-16)14-3-1-2-8-19-14/h1-10H. The van der Waals surface area contributed by atoms with E-state index in [1.54, 1.807) is 27.9 Å². The number of halogens is 1. The first kappa shape index (κ1) is 14.1. The highest BCUT2D eigenvalue weighted by atomic mass is 35.5. The molecule has 0 fully saturated rings. The first-order valence-corrected chi connectivity index (χ1v) is 7.94. The number of nitrogens with zero attached hydrogens (tertiary/aromatic N) is 7. The summed E-state index contributed by atoms with van der Waals surface area (Å²) in [4.78, 5) is 13.4. The summed E-state index contributed by atoms with van der Waals surface area (Å²) in [6.07, 6.45) is 5.09. The molecule has 5 aromatic rings. The molecule has 0 aliphatic heterocycles. The van der Waals surface area contributed by atoms with Crippen LogP contribution in [0.15, 0.2) is 61.2 Å². The summed E-state index contributed by atoms with van der Waals surface area (Å²) in [7, 11) is 0. The lowest BCUT2D eigenvalue weighted by atomic mass is 10.3. The first-order valence-electron chi connectivity index (χ1n) is 7.56. The van der Waals surface area contributed by atoms with E-state index >= 15 is 0 Å². The normalized spacial score (nSPS) is 11.4. The first-order chi connectivity index (χ1) is 12.3. The van der Waals surface area contributed by atoms with Crippen molar-refractivity contribution in [2.24, 2.45) is 0 Å². The second kappa shape index (κ2) is 5.35. The van der Waals surface area contributed by atoms with E-state index in [-0.39, 0.29) is 0 Å². The molecule has 120 valence electrons. The van der Waals surface area contributed by atoms with Gasteiger partial charge in [-0.25, -0.2) is 19.2 Å². The van der Waals surface area contributed by atoms with Gasteiger partial charge in [-0.2, -0.15) is 5.10 Å². The topological polar surface area (TPSA) is 73.8 Å². The molecular weight excluding hydrogens is 338 g/mol. The molecule has 0 spiro atoms. The smallest absolute Gasteiger partial charge is 0.200 e. The van der Waals surface area contributed by atoms with E-state index in [0.29, 0.717) is 27.8 Å². The molecule has 1 aromatic carbocycles. The zero-order chi connectivity index (χ0) is 16.8. The fraction of sp³-hybridized carbons (Fsp3) is 0. The molecule has 0 amide bonds. The van der Waals surface area contributed by atoms with E-state index in [1.807, 2.05) is 42.5 Å². The lowest BCUT2D eigenvalue weighted by molar-refractivity contribution is 0.882. The van der Waals surface area contributed by atoms with Gasteiger partial charge in [-0.15, -0.1) is 5.10 Å². The van der Waals surface area contributed by atoms with Gasteiger partial charge < -0.3 is 0 Å². The minimum absolute atomic E-state index is 0.550. The summed E-state index contributed by atoms with van der Waals surface area (Å²) in [6, 6.07) is 13.1. The molecule has 0 unspecified atom stereocenters. The zero-order valence-electron chi connectivity index (χ0n) is 12.8. The average molecular weight is 348 g/mol. The predicted octanol–water partition coefficient (Wildman–Crippen LogP) is 3.18. The summed E-state index contributed by atoms with van der Waals surface area (Å²) >= 11 is 5.96. The van der Waals surface area contributed by atoms with Crippen molar-refractivity contribution in [1.82, 2.24) is 34.3 Å². The van der Waals surface area contributed by atoms with Gasteiger partial charge in [0.2, 0.25) is 5.82 Å². The Morgan fingerprint density at radius 3 is 2.60 bits per heavy atom. The lowest BCUT2D eigenvalue weighted by Crippen LogP contribution is -1.98. The van der Waals surface area contributed by atoms with Gasteiger partial charge in [-0.05, 0) is 36.4 Å². The summed E-state index contributed by atoms with van der Waals surface area (Å²) in [5.74, 6) is 0.550. The van der Waals surface area contributed by atoms with Gasteiger partial charge in [-0.3, -0.25) is 4.98 Å². The Bertz CT molecular complexity index is 1190. The van der Waals surface area contributed by atoms with E-state index < -0.39 is 0 Å². The van der Waals surface area contributed by atoms with Crippen LogP contribution < -0.4 is 0 Å². The van der Waals surface area contributed by atoms with Gasteiger partial charge in [0.25, 0.3) is 0 Å². The van der Waals surface area contributed by atoms with E-state index in [4.69, 9.17) is 11.6 Å². The van der Waals surface area contributed by atoms with Crippen molar-refractivity contribution < 1.29 is 0 Å². The van der Waals surface area contributed by atoms with Crippen molar-refractivity contribution in [2.75, 3.05) is 0 Å².